The minimum atomic E-state index is 0.613. The number of oxazole rings is 1. The first-order valence-electron chi connectivity index (χ1n) is 4.05. The summed E-state index contributed by atoms with van der Waals surface area (Å²) in [5.74, 6) is 2.45. The van der Waals surface area contributed by atoms with Crippen molar-refractivity contribution in [3.05, 3.63) is 17.8 Å². The molecule has 1 aliphatic rings. The van der Waals surface area contributed by atoms with Crippen molar-refractivity contribution in [2.45, 2.75) is 25.2 Å². The van der Waals surface area contributed by atoms with Gasteiger partial charge in [-0.2, -0.15) is 0 Å². The van der Waals surface area contributed by atoms with Gasteiger partial charge in [0.25, 0.3) is 0 Å². The third-order valence-electron chi connectivity index (χ3n) is 1.89. The molecule has 2 rings (SSSR count). The van der Waals surface area contributed by atoms with Gasteiger partial charge in [-0.3, -0.25) is 0 Å². The fourth-order valence-electron chi connectivity index (χ4n) is 1.10. The lowest BCUT2D eigenvalue weighted by atomic mass is 10.4. The highest BCUT2D eigenvalue weighted by molar-refractivity contribution is 5.04. The van der Waals surface area contributed by atoms with Crippen LogP contribution in [0.3, 0.4) is 0 Å². The van der Waals surface area contributed by atoms with Crippen LogP contribution in [-0.4, -0.2) is 11.5 Å². The Morgan fingerprint density at radius 3 is 3.09 bits per heavy atom. The van der Waals surface area contributed by atoms with Gasteiger partial charge < -0.3 is 10.2 Å². The van der Waals surface area contributed by atoms with E-state index >= 15 is 0 Å². The van der Waals surface area contributed by atoms with Gasteiger partial charge in [-0.15, -0.1) is 0 Å². The summed E-state index contributed by atoms with van der Waals surface area (Å²) in [5.41, 5.74) is 5.37. The van der Waals surface area contributed by atoms with Crippen molar-refractivity contribution in [2.75, 3.05) is 6.54 Å². The van der Waals surface area contributed by atoms with Gasteiger partial charge in [-0.1, -0.05) is 0 Å². The molecule has 1 heterocycles. The topological polar surface area (TPSA) is 52.0 Å². The summed E-state index contributed by atoms with van der Waals surface area (Å²) in [6.07, 6.45) is 5.07. The molecule has 0 unspecified atom stereocenters. The summed E-state index contributed by atoms with van der Waals surface area (Å²) in [5, 5.41) is 0. The Labute approximate surface area is 65.6 Å². The van der Waals surface area contributed by atoms with Gasteiger partial charge in [0, 0.05) is 12.3 Å². The summed E-state index contributed by atoms with van der Waals surface area (Å²) in [4.78, 5) is 4.17. The summed E-state index contributed by atoms with van der Waals surface area (Å²) in [7, 11) is 0. The normalized spacial score (nSPS) is 17.2. The summed E-state index contributed by atoms with van der Waals surface area (Å²) < 4.78 is 5.46. The van der Waals surface area contributed by atoms with Gasteiger partial charge in [0.15, 0.2) is 5.89 Å². The maximum absolute atomic E-state index is 5.46. The van der Waals surface area contributed by atoms with Crippen LogP contribution in [0, 0.1) is 0 Å². The molecule has 0 amide bonds. The minimum Gasteiger partial charge on any atom is -0.445 e. The highest BCUT2D eigenvalue weighted by atomic mass is 16.4. The summed E-state index contributed by atoms with van der Waals surface area (Å²) >= 11 is 0. The van der Waals surface area contributed by atoms with E-state index in [4.69, 9.17) is 10.2 Å². The van der Waals surface area contributed by atoms with E-state index in [-0.39, 0.29) is 0 Å². The number of nitrogens with two attached hydrogens (primary N) is 1. The van der Waals surface area contributed by atoms with Crippen LogP contribution >= 0.6 is 0 Å². The average molecular weight is 152 g/mol. The fourth-order valence-corrected chi connectivity index (χ4v) is 1.10. The molecule has 0 aromatic carbocycles. The molecule has 1 aliphatic carbocycles. The van der Waals surface area contributed by atoms with Crippen LogP contribution in [0.5, 0.6) is 0 Å². The maximum atomic E-state index is 5.46. The van der Waals surface area contributed by atoms with Crippen molar-refractivity contribution in [3.63, 3.8) is 0 Å². The molecule has 0 aliphatic heterocycles. The van der Waals surface area contributed by atoms with Crippen LogP contribution in [0.1, 0.15) is 30.4 Å². The van der Waals surface area contributed by atoms with E-state index in [1.165, 1.54) is 12.8 Å². The Hall–Kier alpha value is -0.830. The summed E-state index contributed by atoms with van der Waals surface area (Å²) in [6, 6.07) is 0. The minimum absolute atomic E-state index is 0.613. The highest BCUT2D eigenvalue weighted by Crippen LogP contribution is 2.39. The Kier molecular flexibility index (Phi) is 1.66. The van der Waals surface area contributed by atoms with Crippen molar-refractivity contribution in [1.82, 2.24) is 4.98 Å². The molecule has 11 heavy (non-hydrogen) atoms. The van der Waals surface area contributed by atoms with Crippen LogP contribution in [0.2, 0.25) is 0 Å². The second-order valence-electron chi connectivity index (χ2n) is 2.98. The first kappa shape index (κ1) is 6.85. The van der Waals surface area contributed by atoms with Crippen molar-refractivity contribution in [3.8, 4) is 0 Å². The molecule has 3 heteroatoms. The largest absolute Gasteiger partial charge is 0.445 e. The molecule has 0 spiro atoms. The Balaban J connectivity index is 2.06. The second kappa shape index (κ2) is 2.66. The lowest BCUT2D eigenvalue weighted by molar-refractivity contribution is 0.457. The van der Waals surface area contributed by atoms with Gasteiger partial charge in [0.05, 0.1) is 6.20 Å². The van der Waals surface area contributed by atoms with E-state index in [0.717, 1.165) is 18.1 Å². The Morgan fingerprint density at radius 1 is 1.64 bits per heavy atom. The smallest absolute Gasteiger partial charge is 0.197 e. The van der Waals surface area contributed by atoms with Crippen LogP contribution in [0.25, 0.3) is 0 Å². The molecule has 0 radical (unpaired) electrons. The van der Waals surface area contributed by atoms with E-state index in [2.05, 4.69) is 4.98 Å². The van der Waals surface area contributed by atoms with Crippen molar-refractivity contribution in [1.29, 1.82) is 0 Å². The number of nitrogens with zero attached hydrogens (tertiary/aromatic N) is 1. The first-order chi connectivity index (χ1) is 5.40. The lowest BCUT2D eigenvalue weighted by Gasteiger charge is -1.89. The molecule has 0 saturated heterocycles. The monoisotopic (exact) mass is 152 g/mol. The quantitative estimate of drug-likeness (QED) is 0.704. The lowest BCUT2D eigenvalue weighted by Crippen LogP contribution is -2.01. The van der Waals surface area contributed by atoms with E-state index < -0.39 is 0 Å². The van der Waals surface area contributed by atoms with Crippen molar-refractivity contribution in [2.24, 2.45) is 5.73 Å². The number of aromatic nitrogens is 1. The van der Waals surface area contributed by atoms with E-state index in [1.54, 1.807) is 6.20 Å². The standard InChI is InChI=1S/C8H12N2O/c9-4-3-7-5-10-8(11-7)6-1-2-6/h5-6H,1-4,9H2. The molecule has 1 aromatic heterocycles. The maximum Gasteiger partial charge on any atom is 0.197 e. The Morgan fingerprint density at radius 2 is 2.45 bits per heavy atom. The highest BCUT2D eigenvalue weighted by Gasteiger charge is 2.28. The fraction of sp³-hybridized carbons (Fsp3) is 0.625. The zero-order valence-corrected chi connectivity index (χ0v) is 6.42. The van der Waals surface area contributed by atoms with Crippen LogP contribution in [-0.2, 0) is 6.42 Å². The third kappa shape index (κ3) is 1.43. The predicted octanol–water partition coefficient (Wildman–Crippen LogP) is 1.05. The molecule has 1 saturated carbocycles. The average Bonchev–Trinajstić information content (AvgIpc) is 2.75. The van der Waals surface area contributed by atoms with E-state index in [9.17, 15) is 0 Å². The molecule has 1 aromatic rings. The van der Waals surface area contributed by atoms with Crippen molar-refractivity contribution >= 4 is 0 Å². The molecule has 1 fully saturated rings. The van der Waals surface area contributed by atoms with Crippen LogP contribution in [0.15, 0.2) is 10.6 Å². The molecule has 0 bridgehead atoms. The van der Waals surface area contributed by atoms with Crippen LogP contribution in [0.4, 0.5) is 0 Å². The molecule has 60 valence electrons. The van der Waals surface area contributed by atoms with Crippen molar-refractivity contribution < 1.29 is 4.42 Å². The van der Waals surface area contributed by atoms with E-state index in [0.29, 0.717) is 12.5 Å². The van der Waals surface area contributed by atoms with Gasteiger partial charge in [-0.25, -0.2) is 4.98 Å². The Bertz CT molecular complexity index is 240. The van der Waals surface area contributed by atoms with Crippen LogP contribution < -0.4 is 5.73 Å². The molecular formula is C8H12N2O. The van der Waals surface area contributed by atoms with Gasteiger partial charge >= 0.3 is 0 Å². The molecule has 2 N–H and O–H groups in total. The molecule has 0 atom stereocenters. The number of hydrogen-bond acceptors (Lipinski definition) is 3. The second-order valence-corrected chi connectivity index (χ2v) is 2.98. The first-order valence-corrected chi connectivity index (χ1v) is 4.05. The van der Waals surface area contributed by atoms with Gasteiger partial charge in [0.1, 0.15) is 5.76 Å². The summed E-state index contributed by atoms with van der Waals surface area (Å²) in [6.45, 7) is 0.638. The number of hydrogen-bond donors (Lipinski definition) is 1. The predicted molar refractivity (Wildman–Crippen MR) is 41.2 cm³/mol. The third-order valence-corrected chi connectivity index (χ3v) is 1.89. The van der Waals surface area contributed by atoms with Gasteiger partial charge in [0.2, 0.25) is 0 Å². The zero-order valence-electron chi connectivity index (χ0n) is 6.42. The van der Waals surface area contributed by atoms with E-state index in [1.807, 2.05) is 0 Å². The van der Waals surface area contributed by atoms with Gasteiger partial charge in [-0.05, 0) is 19.4 Å². The zero-order chi connectivity index (χ0) is 7.68. The molecule has 3 nitrogen and oxygen atoms in total. The SMILES string of the molecule is NCCc1cnc(C2CC2)o1. The number of rotatable bonds is 3. The molecular weight excluding hydrogens is 140 g/mol.